The number of ether oxygens (including phenoxy) is 3. The third-order valence-corrected chi connectivity index (χ3v) is 5.55. The molecule has 4 heteroatoms. The molecule has 122 valence electrons. The second kappa shape index (κ2) is 5.03. The largest absolute Gasteiger partial charge is 0.497 e. The molecule has 0 bridgehead atoms. The van der Waals surface area contributed by atoms with E-state index in [4.69, 9.17) is 14.2 Å². The van der Waals surface area contributed by atoms with Gasteiger partial charge in [-0.05, 0) is 50.1 Å². The van der Waals surface area contributed by atoms with Gasteiger partial charge in [-0.25, -0.2) is 0 Å². The van der Waals surface area contributed by atoms with Crippen molar-refractivity contribution in [2.24, 2.45) is 0 Å². The first-order chi connectivity index (χ1) is 11.1. The fraction of sp³-hybridized carbons (Fsp3) is 0.474. The van der Waals surface area contributed by atoms with Gasteiger partial charge in [0.15, 0.2) is 17.6 Å². The lowest BCUT2D eigenvalue weighted by atomic mass is 9.62. The number of hydrogen-bond acceptors (Lipinski definition) is 4. The lowest BCUT2D eigenvalue weighted by Gasteiger charge is -2.45. The lowest BCUT2D eigenvalue weighted by Crippen LogP contribution is -2.54. The fourth-order valence-electron chi connectivity index (χ4n) is 4.55. The molecule has 1 saturated heterocycles. The second-order valence-corrected chi connectivity index (χ2v) is 6.58. The summed E-state index contributed by atoms with van der Waals surface area (Å²) in [6, 6.07) is 4.44. The summed E-state index contributed by atoms with van der Waals surface area (Å²) in [5, 5.41) is 3.58. The Hall–Kier alpha value is -1.94. The molecule has 0 amide bonds. The van der Waals surface area contributed by atoms with E-state index in [9.17, 15) is 0 Å². The van der Waals surface area contributed by atoms with Crippen LogP contribution in [0.1, 0.15) is 24.5 Å². The first-order valence-electron chi connectivity index (χ1n) is 8.18. The third-order valence-electron chi connectivity index (χ3n) is 5.55. The predicted octanol–water partition coefficient (Wildman–Crippen LogP) is 2.85. The van der Waals surface area contributed by atoms with E-state index >= 15 is 0 Å². The van der Waals surface area contributed by atoms with Gasteiger partial charge < -0.3 is 19.5 Å². The first-order valence-corrected chi connectivity index (χ1v) is 8.18. The van der Waals surface area contributed by atoms with Crippen molar-refractivity contribution in [3.05, 3.63) is 46.7 Å². The SMILES string of the molecule is COC1=CC=C2C(C)NCCC23c2c(C)ccc(OC)c2OC13. The van der Waals surface area contributed by atoms with Crippen molar-refractivity contribution < 1.29 is 14.2 Å². The van der Waals surface area contributed by atoms with E-state index in [0.29, 0.717) is 6.04 Å². The number of hydrogen-bond donors (Lipinski definition) is 1. The summed E-state index contributed by atoms with van der Waals surface area (Å²) >= 11 is 0. The molecule has 3 unspecified atom stereocenters. The van der Waals surface area contributed by atoms with E-state index < -0.39 is 0 Å². The standard InChI is InChI=1S/C19H23NO3/c1-11-5-7-14(21-3)17-16(11)19-9-10-20-12(2)13(19)6-8-15(22-4)18(19)23-17/h5-8,12,18,20H,9-10H2,1-4H3. The van der Waals surface area contributed by atoms with Crippen LogP contribution in [-0.4, -0.2) is 32.9 Å². The molecule has 1 aliphatic carbocycles. The number of rotatable bonds is 2. The summed E-state index contributed by atoms with van der Waals surface area (Å²) in [5.41, 5.74) is 3.74. The van der Waals surface area contributed by atoms with Crippen LogP contribution < -0.4 is 14.8 Å². The summed E-state index contributed by atoms with van der Waals surface area (Å²) in [4.78, 5) is 0. The van der Waals surface area contributed by atoms with Gasteiger partial charge in [0.05, 0.1) is 19.6 Å². The van der Waals surface area contributed by atoms with E-state index in [1.54, 1.807) is 14.2 Å². The van der Waals surface area contributed by atoms with Gasteiger partial charge >= 0.3 is 0 Å². The van der Waals surface area contributed by atoms with Crippen LogP contribution in [0.2, 0.25) is 0 Å². The topological polar surface area (TPSA) is 39.7 Å². The first kappa shape index (κ1) is 14.6. The average Bonchev–Trinajstić information content (AvgIpc) is 2.90. The van der Waals surface area contributed by atoms with Crippen LogP contribution in [0.3, 0.4) is 0 Å². The molecule has 3 aliphatic rings. The Morgan fingerprint density at radius 1 is 1.22 bits per heavy atom. The zero-order valence-corrected chi connectivity index (χ0v) is 14.1. The Labute approximate surface area is 137 Å². The summed E-state index contributed by atoms with van der Waals surface area (Å²) in [5.74, 6) is 2.57. The molecule has 2 heterocycles. The smallest absolute Gasteiger partial charge is 0.169 e. The molecule has 0 radical (unpaired) electrons. The van der Waals surface area contributed by atoms with Crippen LogP contribution in [0.5, 0.6) is 11.5 Å². The molecule has 3 atom stereocenters. The van der Waals surface area contributed by atoms with Crippen LogP contribution >= 0.6 is 0 Å². The van der Waals surface area contributed by atoms with E-state index in [0.717, 1.165) is 30.2 Å². The summed E-state index contributed by atoms with van der Waals surface area (Å²) < 4.78 is 17.7. The molecule has 1 N–H and O–H groups in total. The molecule has 4 rings (SSSR count). The number of nitrogens with one attached hydrogen (secondary N) is 1. The molecule has 2 aliphatic heterocycles. The van der Waals surface area contributed by atoms with Crippen LogP contribution in [0.15, 0.2) is 35.6 Å². The molecule has 1 aromatic carbocycles. The van der Waals surface area contributed by atoms with Gasteiger partial charge in [-0.2, -0.15) is 0 Å². The molecule has 23 heavy (non-hydrogen) atoms. The minimum atomic E-state index is -0.154. The van der Waals surface area contributed by atoms with Crippen molar-refractivity contribution in [3.63, 3.8) is 0 Å². The number of aryl methyl sites for hydroxylation is 1. The maximum Gasteiger partial charge on any atom is 0.169 e. The zero-order valence-electron chi connectivity index (χ0n) is 14.1. The highest BCUT2D eigenvalue weighted by atomic mass is 16.6. The Morgan fingerprint density at radius 2 is 2.04 bits per heavy atom. The maximum absolute atomic E-state index is 6.44. The monoisotopic (exact) mass is 313 g/mol. The van der Waals surface area contributed by atoms with E-state index in [-0.39, 0.29) is 11.5 Å². The molecule has 1 fully saturated rings. The minimum absolute atomic E-state index is 0.109. The van der Waals surface area contributed by atoms with Gasteiger partial charge in [-0.3, -0.25) is 0 Å². The van der Waals surface area contributed by atoms with E-state index in [2.05, 4.69) is 37.4 Å². The van der Waals surface area contributed by atoms with Crippen LogP contribution in [0.4, 0.5) is 0 Å². The molecule has 1 aromatic rings. The maximum atomic E-state index is 6.44. The molecule has 1 spiro atoms. The Morgan fingerprint density at radius 3 is 2.78 bits per heavy atom. The van der Waals surface area contributed by atoms with Crippen molar-refractivity contribution in [2.45, 2.75) is 37.8 Å². The van der Waals surface area contributed by atoms with Gasteiger partial charge in [0.25, 0.3) is 0 Å². The molecular weight excluding hydrogens is 290 g/mol. The number of methoxy groups -OCH3 is 2. The Bertz CT molecular complexity index is 722. The number of allylic oxidation sites excluding steroid dienone is 2. The normalized spacial score (nSPS) is 31.1. The van der Waals surface area contributed by atoms with Gasteiger partial charge in [0.2, 0.25) is 0 Å². The molecular formula is C19H23NO3. The van der Waals surface area contributed by atoms with E-state index in [1.165, 1.54) is 16.7 Å². The van der Waals surface area contributed by atoms with Crippen molar-refractivity contribution in [3.8, 4) is 11.5 Å². The highest BCUT2D eigenvalue weighted by molar-refractivity contribution is 5.64. The van der Waals surface area contributed by atoms with Gasteiger partial charge in [-0.15, -0.1) is 0 Å². The molecule has 0 aromatic heterocycles. The van der Waals surface area contributed by atoms with Crippen molar-refractivity contribution >= 4 is 0 Å². The van der Waals surface area contributed by atoms with Crippen LogP contribution in [0.25, 0.3) is 0 Å². The molecule has 0 saturated carbocycles. The summed E-state index contributed by atoms with van der Waals surface area (Å²) in [6.45, 7) is 5.35. The Kier molecular flexibility index (Phi) is 3.20. The van der Waals surface area contributed by atoms with Gasteiger partial charge in [-0.1, -0.05) is 12.1 Å². The number of piperidine rings is 1. The predicted molar refractivity (Wildman–Crippen MR) is 89.1 cm³/mol. The van der Waals surface area contributed by atoms with Gasteiger partial charge in [0.1, 0.15) is 5.76 Å². The van der Waals surface area contributed by atoms with Crippen molar-refractivity contribution in [1.29, 1.82) is 0 Å². The summed E-state index contributed by atoms with van der Waals surface area (Å²) in [7, 11) is 3.42. The van der Waals surface area contributed by atoms with Crippen LogP contribution in [0, 0.1) is 6.92 Å². The minimum Gasteiger partial charge on any atom is -0.497 e. The van der Waals surface area contributed by atoms with Crippen molar-refractivity contribution in [1.82, 2.24) is 5.32 Å². The summed E-state index contributed by atoms with van der Waals surface area (Å²) in [6.07, 6.45) is 5.15. The highest BCUT2D eigenvalue weighted by Crippen LogP contribution is 2.58. The molecule has 4 nitrogen and oxygen atoms in total. The third kappa shape index (κ3) is 1.75. The second-order valence-electron chi connectivity index (χ2n) is 6.58. The Balaban J connectivity index is 2.01. The van der Waals surface area contributed by atoms with Crippen LogP contribution in [-0.2, 0) is 10.2 Å². The average molecular weight is 313 g/mol. The fourth-order valence-corrected chi connectivity index (χ4v) is 4.55. The zero-order chi connectivity index (χ0) is 16.2. The van der Waals surface area contributed by atoms with Gasteiger partial charge in [0, 0.05) is 11.6 Å². The van der Waals surface area contributed by atoms with E-state index in [1.807, 2.05) is 6.07 Å². The highest BCUT2D eigenvalue weighted by Gasteiger charge is 2.58. The van der Waals surface area contributed by atoms with Crippen molar-refractivity contribution in [2.75, 3.05) is 20.8 Å². The quantitative estimate of drug-likeness (QED) is 0.911. The number of fused-ring (bicyclic) bond motifs is 1. The number of benzene rings is 1. The lowest BCUT2D eigenvalue weighted by molar-refractivity contribution is 0.103.